The van der Waals surface area contributed by atoms with Gasteiger partial charge in [-0.2, -0.15) is 0 Å². The zero-order valence-corrected chi connectivity index (χ0v) is 14.3. The van der Waals surface area contributed by atoms with Gasteiger partial charge in [-0.25, -0.2) is 0 Å². The van der Waals surface area contributed by atoms with Crippen molar-refractivity contribution >= 4 is 0 Å². The zero-order valence-electron chi connectivity index (χ0n) is 14.3. The molecule has 1 N–H and O–H groups in total. The molecule has 1 saturated heterocycles. The van der Waals surface area contributed by atoms with Gasteiger partial charge in [-0.05, 0) is 39.9 Å². The summed E-state index contributed by atoms with van der Waals surface area (Å²) < 4.78 is 0. The maximum absolute atomic E-state index is 3.52. The summed E-state index contributed by atoms with van der Waals surface area (Å²) in [5.41, 5.74) is 2.72. The van der Waals surface area contributed by atoms with Gasteiger partial charge in [0.25, 0.3) is 0 Å². The molecule has 0 aliphatic carbocycles. The highest BCUT2D eigenvalue weighted by Crippen LogP contribution is 2.23. The van der Waals surface area contributed by atoms with Gasteiger partial charge >= 0.3 is 0 Å². The Morgan fingerprint density at radius 1 is 1.24 bits per heavy atom. The quantitative estimate of drug-likeness (QED) is 0.899. The second-order valence-electron chi connectivity index (χ2n) is 6.46. The molecule has 1 aromatic carbocycles. The summed E-state index contributed by atoms with van der Waals surface area (Å²) in [6.07, 6.45) is 1.23. The summed E-state index contributed by atoms with van der Waals surface area (Å²) in [6.45, 7) is 10.3. The standard InChI is InChI=1S/C18H31N3/c1-6-17-13-21(12-11-20(17)5)15(3)18(19-4)16-9-7-14(2)8-10-16/h7-10,15,17-19H,6,11-13H2,1-5H3. The number of rotatable bonds is 5. The molecule has 2 rings (SSSR count). The van der Waals surface area contributed by atoms with E-state index in [-0.39, 0.29) is 0 Å². The van der Waals surface area contributed by atoms with Crippen molar-refractivity contribution in [2.45, 2.75) is 45.3 Å². The smallest absolute Gasteiger partial charge is 0.0473 e. The van der Waals surface area contributed by atoms with Gasteiger partial charge in [0.2, 0.25) is 0 Å². The molecule has 0 saturated carbocycles. The lowest BCUT2D eigenvalue weighted by molar-refractivity contribution is 0.0556. The van der Waals surface area contributed by atoms with Crippen LogP contribution in [0.5, 0.6) is 0 Å². The summed E-state index contributed by atoms with van der Waals surface area (Å²) in [6, 6.07) is 10.6. The van der Waals surface area contributed by atoms with Crippen LogP contribution in [0.3, 0.4) is 0 Å². The third kappa shape index (κ3) is 3.85. The molecule has 0 radical (unpaired) electrons. The minimum atomic E-state index is 0.395. The molecule has 0 spiro atoms. The lowest BCUT2D eigenvalue weighted by Crippen LogP contribution is -2.55. The number of piperazine rings is 1. The summed E-state index contributed by atoms with van der Waals surface area (Å²) in [5, 5.41) is 3.52. The van der Waals surface area contributed by atoms with Crippen LogP contribution in [-0.2, 0) is 0 Å². The van der Waals surface area contributed by atoms with E-state index in [0.29, 0.717) is 18.1 Å². The van der Waals surface area contributed by atoms with E-state index in [1.807, 2.05) is 0 Å². The molecule has 1 fully saturated rings. The number of hydrogen-bond donors (Lipinski definition) is 1. The number of nitrogens with zero attached hydrogens (tertiary/aromatic N) is 2. The molecule has 0 aromatic heterocycles. The molecule has 1 aliphatic rings. The van der Waals surface area contributed by atoms with Gasteiger partial charge < -0.3 is 10.2 Å². The van der Waals surface area contributed by atoms with E-state index in [1.165, 1.54) is 30.6 Å². The first-order valence-corrected chi connectivity index (χ1v) is 8.25. The van der Waals surface area contributed by atoms with Crippen LogP contribution in [-0.4, -0.2) is 55.6 Å². The van der Waals surface area contributed by atoms with Crippen molar-refractivity contribution in [2.75, 3.05) is 33.7 Å². The van der Waals surface area contributed by atoms with Crippen LogP contribution >= 0.6 is 0 Å². The fourth-order valence-corrected chi connectivity index (χ4v) is 3.45. The Kier molecular flexibility index (Phi) is 5.80. The Hall–Kier alpha value is -0.900. The van der Waals surface area contributed by atoms with Gasteiger partial charge in [0, 0.05) is 37.8 Å². The van der Waals surface area contributed by atoms with Crippen LogP contribution < -0.4 is 5.32 Å². The van der Waals surface area contributed by atoms with Gasteiger partial charge in [-0.3, -0.25) is 4.90 Å². The third-order valence-corrected chi connectivity index (χ3v) is 5.09. The average Bonchev–Trinajstić information content (AvgIpc) is 2.50. The Labute approximate surface area is 130 Å². The Morgan fingerprint density at radius 3 is 2.48 bits per heavy atom. The van der Waals surface area contributed by atoms with Crippen molar-refractivity contribution in [1.29, 1.82) is 0 Å². The number of hydrogen-bond acceptors (Lipinski definition) is 3. The lowest BCUT2D eigenvalue weighted by atomic mass is 9.97. The number of aryl methyl sites for hydroxylation is 1. The molecule has 3 nitrogen and oxygen atoms in total. The Bertz CT molecular complexity index is 429. The fraction of sp³-hybridized carbons (Fsp3) is 0.667. The maximum Gasteiger partial charge on any atom is 0.0473 e. The average molecular weight is 289 g/mol. The highest BCUT2D eigenvalue weighted by atomic mass is 15.3. The number of likely N-dealkylation sites (N-methyl/N-ethyl adjacent to an activating group) is 2. The van der Waals surface area contributed by atoms with Crippen molar-refractivity contribution in [3.8, 4) is 0 Å². The summed E-state index contributed by atoms with van der Waals surface area (Å²) in [4.78, 5) is 5.15. The minimum absolute atomic E-state index is 0.395. The van der Waals surface area contributed by atoms with Crippen LogP contribution in [0.1, 0.15) is 37.4 Å². The van der Waals surface area contributed by atoms with Gasteiger partial charge in [0.15, 0.2) is 0 Å². The Morgan fingerprint density at radius 2 is 1.90 bits per heavy atom. The molecule has 1 heterocycles. The Balaban J connectivity index is 2.09. The maximum atomic E-state index is 3.52. The molecule has 3 atom stereocenters. The van der Waals surface area contributed by atoms with Crippen molar-refractivity contribution in [3.63, 3.8) is 0 Å². The first-order chi connectivity index (χ1) is 10.1. The van der Waals surface area contributed by atoms with E-state index in [0.717, 1.165) is 6.54 Å². The normalized spacial score (nSPS) is 24.0. The second-order valence-corrected chi connectivity index (χ2v) is 6.46. The van der Waals surface area contributed by atoms with E-state index in [4.69, 9.17) is 0 Å². The van der Waals surface area contributed by atoms with Crippen molar-refractivity contribution < 1.29 is 0 Å². The molecular weight excluding hydrogens is 258 g/mol. The summed E-state index contributed by atoms with van der Waals surface area (Å²) in [5.74, 6) is 0. The van der Waals surface area contributed by atoms with Gasteiger partial charge in [0.05, 0.1) is 0 Å². The lowest BCUT2D eigenvalue weighted by Gasteiger charge is -2.44. The SMILES string of the molecule is CCC1CN(C(C)C(NC)c2ccc(C)cc2)CCN1C. The highest BCUT2D eigenvalue weighted by molar-refractivity contribution is 5.25. The van der Waals surface area contributed by atoms with E-state index in [1.54, 1.807) is 0 Å². The van der Waals surface area contributed by atoms with Crippen LogP contribution in [0.15, 0.2) is 24.3 Å². The van der Waals surface area contributed by atoms with Gasteiger partial charge in [-0.15, -0.1) is 0 Å². The van der Waals surface area contributed by atoms with Crippen LogP contribution in [0.4, 0.5) is 0 Å². The predicted octanol–water partition coefficient (Wildman–Crippen LogP) is 2.67. The van der Waals surface area contributed by atoms with Crippen molar-refractivity contribution in [3.05, 3.63) is 35.4 Å². The summed E-state index contributed by atoms with van der Waals surface area (Å²) >= 11 is 0. The van der Waals surface area contributed by atoms with Crippen LogP contribution in [0.2, 0.25) is 0 Å². The molecule has 3 heteroatoms. The molecule has 21 heavy (non-hydrogen) atoms. The molecule has 118 valence electrons. The molecule has 0 amide bonds. The second kappa shape index (κ2) is 7.39. The first kappa shape index (κ1) is 16.5. The van der Waals surface area contributed by atoms with Crippen molar-refractivity contribution in [2.24, 2.45) is 0 Å². The number of benzene rings is 1. The van der Waals surface area contributed by atoms with E-state index in [9.17, 15) is 0 Å². The fourth-order valence-electron chi connectivity index (χ4n) is 3.45. The molecule has 1 aliphatic heterocycles. The summed E-state index contributed by atoms with van der Waals surface area (Å²) in [7, 11) is 4.33. The molecule has 0 bridgehead atoms. The van der Waals surface area contributed by atoms with Crippen LogP contribution in [0, 0.1) is 6.92 Å². The van der Waals surface area contributed by atoms with Gasteiger partial charge in [-0.1, -0.05) is 36.8 Å². The molecular formula is C18H31N3. The van der Waals surface area contributed by atoms with Crippen LogP contribution in [0.25, 0.3) is 0 Å². The highest BCUT2D eigenvalue weighted by Gasteiger charge is 2.29. The van der Waals surface area contributed by atoms with Crippen molar-refractivity contribution in [1.82, 2.24) is 15.1 Å². The number of nitrogens with one attached hydrogen (secondary N) is 1. The monoisotopic (exact) mass is 289 g/mol. The minimum Gasteiger partial charge on any atom is -0.312 e. The van der Waals surface area contributed by atoms with E-state index >= 15 is 0 Å². The largest absolute Gasteiger partial charge is 0.312 e. The van der Waals surface area contributed by atoms with Gasteiger partial charge in [0.1, 0.15) is 0 Å². The van der Waals surface area contributed by atoms with E-state index < -0.39 is 0 Å². The van der Waals surface area contributed by atoms with E-state index in [2.05, 4.69) is 74.2 Å². The molecule has 3 unspecified atom stereocenters. The predicted molar refractivity (Wildman–Crippen MR) is 90.7 cm³/mol. The molecule has 1 aromatic rings. The topological polar surface area (TPSA) is 18.5 Å². The third-order valence-electron chi connectivity index (χ3n) is 5.09. The zero-order chi connectivity index (χ0) is 15.4. The first-order valence-electron chi connectivity index (χ1n) is 8.25.